The van der Waals surface area contributed by atoms with Crippen molar-refractivity contribution in [1.82, 2.24) is 15.8 Å². The lowest BCUT2D eigenvalue weighted by Gasteiger charge is -2.26. The summed E-state index contributed by atoms with van der Waals surface area (Å²) in [7, 11) is 0. The first kappa shape index (κ1) is 18.3. The Morgan fingerprint density at radius 3 is 2.76 bits per heavy atom. The predicted octanol–water partition coefficient (Wildman–Crippen LogP) is 2.34. The quantitative estimate of drug-likeness (QED) is 0.427. The molecule has 0 radical (unpaired) electrons. The number of rotatable bonds is 2. The Labute approximate surface area is 165 Å². The largest absolute Gasteiger partial charge is 0.354 e. The van der Waals surface area contributed by atoms with E-state index in [9.17, 15) is 15.0 Å². The fourth-order valence-corrected chi connectivity index (χ4v) is 4.45. The number of halogens is 1. The average Bonchev–Trinajstić information content (AvgIpc) is 3.28. The average molecular weight is 397 g/mol. The van der Waals surface area contributed by atoms with Gasteiger partial charge in [0, 0.05) is 27.6 Å². The number of carbonyl (C=O) groups excluding carboxylic acids is 1. The summed E-state index contributed by atoms with van der Waals surface area (Å²) >= 11 is 0. The zero-order chi connectivity index (χ0) is 20.4. The maximum absolute atomic E-state index is 15.1. The van der Waals surface area contributed by atoms with Crippen LogP contribution in [0.25, 0.3) is 22.2 Å². The summed E-state index contributed by atoms with van der Waals surface area (Å²) in [6.45, 7) is 2.81. The van der Waals surface area contributed by atoms with Gasteiger partial charge in [0.1, 0.15) is 5.82 Å². The molecule has 150 valence electrons. The highest BCUT2D eigenvalue weighted by molar-refractivity contribution is 6.09. The van der Waals surface area contributed by atoms with Gasteiger partial charge in [-0.15, -0.1) is 0 Å². The van der Waals surface area contributed by atoms with Crippen molar-refractivity contribution in [2.45, 2.75) is 31.3 Å². The maximum Gasteiger partial charge on any atom is 0.331 e. The van der Waals surface area contributed by atoms with E-state index >= 15 is 4.39 Å². The predicted molar refractivity (Wildman–Crippen MR) is 103 cm³/mol. The number of hydrogen-bond donors (Lipinski definition) is 5. The van der Waals surface area contributed by atoms with Crippen molar-refractivity contribution in [3.63, 3.8) is 0 Å². The van der Waals surface area contributed by atoms with Gasteiger partial charge in [-0.2, -0.15) is 0 Å². The Bertz CT molecular complexity index is 1150. The van der Waals surface area contributed by atoms with E-state index < -0.39 is 23.2 Å². The van der Waals surface area contributed by atoms with Crippen LogP contribution in [-0.2, 0) is 16.3 Å². The van der Waals surface area contributed by atoms with Gasteiger partial charge in [-0.05, 0) is 44.5 Å². The molecule has 29 heavy (non-hydrogen) atoms. The van der Waals surface area contributed by atoms with Crippen LogP contribution in [0.4, 0.5) is 4.39 Å². The van der Waals surface area contributed by atoms with Gasteiger partial charge in [0.15, 0.2) is 0 Å². The van der Waals surface area contributed by atoms with Crippen LogP contribution in [-0.4, -0.2) is 27.6 Å². The molecular weight excluding hydrogens is 377 g/mol. The van der Waals surface area contributed by atoms with E-state index in [4.69, 9.17) is 4.84 Å². The van der Waals surface area contributed by atoms with E-state index in [1.807, 2.05) is 12.4 Å². The van der Waals surface area contributed by atoms with Crippen LogP contribution in [0.2, 0.25) is 0 Å². The maximum atomic E-state index is 15.1. The topological polar surface area (TPSA) is 107 Å². The molecule has 1 atom stereocenters. The second-order valence-corrected chi connectivity index (χ2v) is 7.80. The number of aromatic nitrogens is 1. The first-order valence-electron chi connectivity index (χ1n) is 9.44. The minimum Gasteiger partial charge on any atom is -0.354 e. The van der Waals surface area contributed by atoms with Crippen LogP contribution in [0.3, 0.4) is 0 Å². The monoisotopic (exact) mass is 397 g/mol. The summed E-state index contributed by atoms with van der Waals surface area (Å²) in [5.41, 5.74) is 3.54. The number of hydrogen-bond acceptors (Lipinski definition) is 5. The smallest absolute Gasteiger partial charge is 0.331 e. The molecule has 1 amide bonds. The van der Waals surface area contributed by atoms with E-state index in [-0.39, 0.29) is 16.8 Å². The fraction of sp³-hybridized carbons (Fsp3) is 0.286. The molecule has 8 heteroatoms. The first-order valence-corrected chi connectivity index (χ1v) is 9.44. The third-order valence-electron chi connectivity index (χ3n) is 5.90. The van der Waals surface area contributed by atoms with Crippen molar-refractivity contribution >= 4 is 16.8 Å². The number of carbonyl (C=O) groups is 1. The Kier molecular flexibility index (Phi) is 3.85. The molecule has 2 aromatic carbocycles. The zero-order valence-electron chi connectivity index (χ0n) is 15.7. The molecule has 1 unspecified atom stereocenters. The molecule has 7 nitrogen and oxygen atoms in total. The Balaban J connectivity index is 1.72. The standard InChI is InChI=1S/C21H20FN3O4/c1-20(8-3-9-23-20)13-7-6-11(10-14(13)22)18-17-16-12(4-2-5-15(16)24-18)19(26)25-29-21(17,27)28/h2,4-7,10,23-24,27-28H,3,8-9H2,1H3,(H,25,26). The number of aliphatic hydroxyl groups is 2. The van der Waals surface area contributed by atoms with Crippen LogP contribution >= 0.6 is 0 Å². The molecule has 3 heterocycles. The summed E-state index contributed by atoms with van der Waals surface area (Å²) in [6, 6.07) is 9.71. The summed E-state index contributed by atoms with van der Waals surface area (Å²) in [5.74, 6) is -3.78. The fourth-order valence-electron chi connectivity index (χ4n) is 4.45. The molecule has 0 aliphatic carbocycles. The first-order chi connectivity index (χ1) is 13.8. The van der Waals surface area contributed by atoms with Crippen molar-refractivity contribution in [2.75, 3.05) is 6.54 Å². The third kappa shape index (κ3) is 2.68. The summed E-state index contributed by atoms with van der Waals surface area (Å²) in [5, 5.41) is 24.7. The van der Waals surface area contributed by atoms with Gasteiger partial charge >= 0.3 is 5.97 Å². The summed E-state index contributed by atoms with van der Waals surface area (Å²) in [4.78, 5) is 20.2. The van der Waals surface area contributed by atoms with Crippen molar-refractivity contribution in [3.8, 4) is 11.3 Å². The molecule has 1 saturated heterocycles. The third-order valence-corrected chi connectivity index (χ3v) is 5.90. The van der Waals surface area contributed by atoms with Crippen molar-refractivity contribution < 1.29 is 24.2 Å². The van der Waals surface area contributed by atoms with E-state index in [1.54, 1.807) is 30.3 Å². The number of nitrogens with one attached hydrogen (secondary N) is 3. The Hall–Kier alpha value is -2.78. The molecule has 5 rings (SSSR count). The van der Waals surface area contributed by atoms with Crippen LogP contribution in [0.5, 0.6) is 0 Å². The molecule has 1 aromatic heterocycles. The van der Waals surface area contributed by atoms with Crippen LogP contribution in [0.1, 0.15) is 41.3 Å². The molecule has 0 bridgehead atoms. The minimum atomic E-state index is -2.79. The Morgan fingerprint density at radius 2 is 2.03 bits per heavy atom. The van der Waals surface area contributed by atoms with Crippen LogP contribution in [0.15, 0.2) is 36.4 Å². The van der Waals surface area contributed by atoms with Crippen molar-refractivity contribution in [1.29, 1.82) is 0 Å². The van der Waals surface area contributed by atoms with Gasteiger partial charge < -0.3 is 20.5 Å². The molecular formula is C21H20FN3O4. The molecule has 0 spiro atoms. The van der Waals surface area contributed by atoms with E-state index in [0.29, 0.717) is 22.0 Å². The lowest BCUT2D eigenvalue weighted by atomic mass is 9.89. The highest BCUT2D eigenvalue weighted by Crippen LogP contribution is 2.41. The number of benzene rings is 2. The Morgan fingerprint density at radius 1 is 1.21 bits per heavy atom. The second kappa shape index (κ2) is 6.11. The zero-order valence-corrected chi connectivity index (χ0v) is 15.7. The van der Waals surface area contributed by atoms with E-state index in [1.165, 1.54) is 6.07 Å². The lowest BCUT2D eigenvalue weighted by molar-refractivity contribution is -0.365. The molecule has 3 aromatic rings. The van der Waals surface area contributed by atoms with Gasteiger partial charge in [-0.1, -0.05) is 18.2 Å². The van der Waals surface area contributed by atoms with Crippen molar-refractivity contribution in [2.24, 2.45) is 0 Å². The van der Waals surface area contributed by atoms with Gasteiger partial charge in [0.25, 0.3) is 5.91 Å². The van der Waals surface area contributed by atoms with Crippen LogP contribution in [0, 0.1) is 5.82 Å². The van der Waals surface area contributed by atoms with Gasteiger partial charge in [-0.25, -0.2) is 14.7 Å². The summed E-state index contributed by atoms with van der Waals surface area (Å²) in [6.07, 6.45) is 1.81. The van der Waals surface area contributed by atoms with Crippen molar-refractivity contribution in [3.05, 3.63) is 58.9 Å². The van der Waals surface area contributed by atoms with Gasteiger partial charge in [0.05, 0.1) is 16.8 Å². The molecule has 2 aliphatic rings. The van der Waals surface area contributed by atoms with Gasteiger partial charge in [-0.3, -0.25) is 4.79 Å². The van der Waals surface area contributed by atoms with E-state index in [2.05, 4.69) is 10.3 Å². The van der Waals surface area contributed by atoms with Crippen LogP contribution < -0.4 is 10.8 Å². The normalized spacial score (nSPS) is 23.2. The number of H-pyrrole nitrogens is 1. The minimum absolute atomic E-state index is 0.0428. The van der Waals surface area contributed by atoms with E-state index in [0.717, 1.165) is 19.4 Å². The lowest BCUT2D eigenvalue weighted by Crippen LogP contribution is -2.36. The number of amides is 1. The highest BCUT2D eigenvalue weighted by Gasteiger charge is 2.40. The number of aromatic amines is 1. The molecule has 2 aliphatic heterocycles. The second-order valence-electron chi connectivity index (χ2n) is 7.80. The molecule has 5 N–H and O–H groups in total. The highest BCUT2D eigenvalue weighted by atomic mass is 19.1. The summed E-state index contributed by atoms with van der Waals surface area (Å²) < 4.78 is 15.1. The molecule has 0 saturated carbocycles. The van der Waals surface area contributed by atoms with Gasteiger partial charge in [0.2, 0.25) is 0 Å². The SMILES string of the molecule is CC1(c2ccc(-c3[nH]c4cccc5c4c3C(O)(O)ONC5=O)cc2F)CCCN1. The number of hydroxylamine groups is 1. The molecule has 1 fully saturated rings.